The maximum atomic E-state index is 14.0. The fourth-order valence-electron chi connectivity index (χ4n) is 2.03. The van der Waals surface area contributed by atoms with Crippen molar-refractivity contribution in [2.45, 2.75) is 6.04 Å². The van der Waals surface area contributed by atoms with Crippen LogP contribution in [-0.4, -0.2) is 14.2 Å². The van der Waals surface area contributed by atoms with Crippen LogP contribution < -0.4 is 10.1 Å². The zero-order valence-electron chi connectivity index (χ0n) is 10.8. The van der Waals surface area contributed by atoms with Gasteiger partial charge in [0, 0.05) is 10.6 Å². The molecule has 19 heavy (non-hydrogen) atoms. The number of hydrogen-bond acceptors (Lipinski definition) is 2. The molecule has 1 N–H and O–H groups in total. The van der Waals surface area contributed by atoms with E-state index in [1.54, 1.807) is 26.3 Å². The zero-order chi connectivity index (χ0) is 13.8. The van der Waals surface area contributed by atoms with Crippen LogP contribution in [0.3, 0.4) is 0 Å². The summed E-state index contributed by atoms with van der Waals surface area (Å²) < 4.78 is 19.1. The van der Waals surface area contributed by atoms with E-state index in [0.29, 0.717) is 10.6 Å². The lowest BCUT2D eigenvalue weighted by Gasteiger charge is -2.18. The Bertz CT molecular complexity index is 557. The summed E-state index contributed by atoms with van der Waals surface area (Å²) in [5.74, 6) is 0.456. The van der Waals surface area contributed by atoms with Crippen molar-refractivity contribution in [3.63, 3.8) is 0 Å². The van der Waals surface area contributed by atoms with E-state index in [-0.39, 0.29) is 11.9 Å². The van der Waals surface area contributed by atoms with Crippen molar-refractivity contribution in [2.75, 3.05) is 14.2 Å². The maximum absolute atomic E-state index is 14.0. The van der Waals surface area contributed by atoms with Crippen LogP contribution in [0.4, 0.5) is 4.39 Å². The van der Waals surface area contributed by atoms with Gasteiger partial charge in [-0.15, -0.1) is 0 Å². The molecule has 0 amide bonds. The zero-order valence-corrected chi connectivity index (χ0v) is 11.5. The fourth-order valence-corrected chi connectivity index (χ4v) is 2.19. The Balaban J connectivity index is 2.37. The van der Waals surface area contributed by atoms with E-state index in [0.717, 1.165) is 11.3 Å². The normalized spacial score (nSPS) is 12.2. The van der Waals surface area contributed by atoms with Gasteiger partial charge in [0.15, 0.2) is 0 Å². The Morgan fingerprint density at radius 1 is 1.16 bits per heavy atom. The van der Waals surface area contributed by atoms with Gasteiger partial charge in [-0.1, -0.05) is 29.8 Å². The van der Waals surface area contributed by atoms with E-state index in [2.05, 4.69) is 5.32 Å². The van der Waals surface area contributed by atoms with Gasteiger partial charge in [0.05, 0.1) is 13.2 Å². The SMILES string of the molecule is CNC(c1ccc(OC)cc1)c1ccc(Cl)cc1F. The third-order valence-corrected chi connectivity index (χ3v) is 3.25. The molecule has 0 aliphatic rings. The highest BCUT2D eigenvalue weighted by molar-refractivity contribution is 6.30. The fraction of sp³-hybridized carbons (Fsp3) is 0.200. The monoisotopic (exact) mass is 279 g/mol. The van der Waals surface area contributed by atoms with Gasteiger partial charge in [-0.3, -0.25) is 0 Å². The molecule has 0 saturated heterocycles. The molecule has 2 aromatic carbocycles. The molecule has 0 aliphatic carbocycles. The predicted octanol–water partition coefficient (Wildman–Crippen LogP) is 3.80. The summed E-state index contributed by atoms with van der Waals surface area (Å²) in [7, 11) is 3.41. The van der Waals surface area contributed by atoms with Crippen LogP contribution in [0.1, 0.15) is 17.2 Å². The molecule has 2 aromatic rings. The summed E-state index contributed by atoms with van der Waals surface area (Å²) in [6, 6.07) is 12.0. The molecule has 2 nitrogen and oxygen atoms in total. The van der Waals surface area contributed by atoms with Crippen LogP contribution in [0.25, 0.3) is 0 Å². The molecule has 0 radical (unpaired) electrons. The highest BCUT2D eigenvalue weighted by Crippen LogP contribution is 2.27. The van der Waals surface area contributed by atoms with Crippen molar-refractivity contribution in [3.05, 3.63) is 64.4 Å². The molecule has 1 unspecified atom stereocenters. The molecule has 0 aliphatic heterocycles. The molecular weight excluding hydrogens is 265 g/mol. The Morgan fingerprint density at radius 3 is 2.37 bits per heavy atom. The average molecular weight is 280 g/mol. The Hall–Kier alpha value is -1.58. The van der Waals surface area contributed by atoms with Crippen molar-refractivity contribution in [3.8, 4) is 5.75 Å². The van der Waals surface area contributed by atoms with Crippen molar-refractivity contribution < 1.29 is 9.13 Å². The van der Waals surface area contributed by atoms with Gasteiger partial charge in [-0.25, -0.2) is 4.39 Å². The molecule has 0 fully saturated rings. The summed E-state index contributed by atoms with van der Waals surface area (Å²) in [4.78, 5) is 0. The van der Waals surface area contributed by atoms with Crippen molar-refractivity contribution in [1.82, 2.24) is 5.32 Å². The minimum Gasteiger partial charge on any atom is -0.497 e. The minimum absolute atomic E-state index is 0.219. The summed E-state index contributed by atoms with van der Waals surface area (Å²) in [5, 5.41) is 3.50. The standard InChI is InChI=1S/C15H15ClFNO/c1-18-15(10-3-6-12(19-2)7-4-10)13-8-5-11(16)9-14(13)17/h3-9,15,18H,1-2H3. The molecule has 0 bridgehead atoms. The first kappa shape index (κ1) is 13.8. The first-order chi connectivity index (χ1) is 9.15. The van der Waals surface area contributed by atoms with Crippen LogP contribution in [0.5, 0.6) is 5.75 Å². The van der Waals surface area contributed by atoms with Crippen molar-refractivity contribution in [2.24, 2.45) is 0 Å². The number of rotatable bonds is 4. The van der Waals surface area contributed by atoms with E-state index in [1.807, 2.05) is 24.3 Å². The lowest BCUT2D eigenvalue weighted by Crippen LogP contribution is -2.18. The van der Waals surface area contributed by atoms with E-state index in [9.17, 15) is 4.39 Å². The lowest BCUT2D eigenvalue weighted by molar-refractivity contribution is 0.414. The number of ether oxygens (including phenoxy) is 1. The number of benzene rings is 2. The molecule has 0 aromatic heterocycles. The molecule has 4 heteroatoms. The van der Waals surface area contributed by atoms with E-state index < -0.39 is 0 Å². The predicted molar refractivity (Wildman–Crippen MR) is 75.3 cm³/mol. The summed E-state index contributed by atoms with van der Waals surface area (Å²) in [6.07, 6.45) is 0. The molecule has 0 spiro atoms. The highest BCUT2D eigenvalue weighted by Gasteiger charge is 2.16. The topological polar surface area (TPSA) is 21.3 Å². The quantitative estimate of drug-likeness (QED) is 0.919. The maximum Gasteiger partial charge on any atom is 0.129 e. The van der Waals surface area contributed by atoms with E-state index in [4.69, 9.17) is 16.3 Å². The van der Waals surface area contributed by atoms with Crippen LogP contribution in [0.2, 0.25) is 5.02 Å². The largest absolute Gasteiger partial charge is 0.497 e. The van der Waals surface area contributed by atoms with Crippen LogP contribution in [0, 0.1) is 5.82 Å². The molecule has 1 atom stereocenters. The molecule has 0 heterocycles. The van der Waals surface area contributed by atoms with E-state index >= 15 is 0 Å². The Labute approximate surface area is 117 Å². The Kier molecular flexibility index (Phi) is 4.40. The summed E-state index contributed by atoms with van der Waals surface area (Å²) >= 11 is 5.77. The van der Waals surface area contributed by atoms with E-state index in [1.165, 1.54) is 6.07 Å². The second-order valence-corrected chi connectivity index (χ2v) is 4.60. The van der Waals surface area contributed by atoms with Crippen molar-refractivity contribution >= 4 is 11.6 Å². The van der Waals surface area contributed by atoms with Gasteiger partial charge in [-0.2, -0.15) is 0 Å². The summed E-state index contributed by atoms with van der Waals surface area (Å²) in [6.45, 7) is 0. The Morgan fingerprint density at radius 2 is 1.84 bits per heavy atom. The molecule has 0 saturated carbocycles. The van der Waals surface area contributed by atoms with Gasteiger partial charge < -0.3 is 10.1 Å². The van der Waals surface area contributed by atoms with Crippen LogP contribution in [-0.2, 0) is 0 Å². The third kappa shape index (κ3) is 3.06. The van der Waals surface area contributed by atoms with Gasteiger partial charge >= 0.3 is 0 Å². The number of nitrogens with one attached hydrogen (secondary N) is 1. The first-order valence-electron chi connectivity index (χ1n) is 5.92. The number of hydrogen-bond donors (Lipinski definition) is 1. The van der Waals surface area contributed by atoms with Crippen LogP contribution in [0.15, 0.2) is 42.5 Å². The van der Waals surface area contributed by atoms with Crippen LogP contribution >= 0.6 is 11.6 Å². The molecule has 100 valence electrons. The smallest absolute Gasteiger partial charge is 0.129 e. The minimum atomic E-state index is -0.317. The van der Waals surface area contributed by atoms with Gasteiger partial charge in [0.1, 0.15) is 11.6 Å². The average Bonchev–Trinajstić information content (AvgIpc) is 2.42. The van der Waals surface area contributed by atoms with Crippen molar-refractivity contribution in [1.29, 1.82) is 0 Å². The lowest BCUT2D eigenvalue weighted by atomic mass is 9.98. The summed E-state index contributed by atoms with van der Waals surface area (Å²) in [5.41, 5.74) is 1.53. The van der Waals surface area contributed by atoms with Gasteiger partial charge in [-0.05, 0) is 36.9 Å². The molecule has 2 rings (SSSR count). The van der Waals surface area contributed by atoms with Gasteiger partial charge in [0.25, 0.3) is 0 Å². The number of halogens is 2. The first-order valence-corrected chi connectivity index (χ1v) is 6.29. The number of methoxy groups -OCH3 is 1. The second-order valence-electron chi connectivity index (χ2n) is 4.16. The highest BCUT2D eigenvalue weighted by atomic mass is 35.5. The molecular formula is C15H15ClFNO. The second kappa shape index (κ2) is 6.04. The third-order valence-electron chi connectivity index (χ3n) is 3.01. The van der Waals surface area contributed by atoms with Gasteiger partial charge in [0.2, 0.25) is 0 Å².